The molecule has 128 heavy (non-hydrogen) atoms. The summed E-state index contributed by atoms with van der Waals surface area (Å²) in [7, 11) is 5.13. The van der Waals surface area contributed by atoms with Crippen LogP contribution in [0.1, 0.15) is 100 Å². The summed E-state index contributed by atoms with van der Waals surface area (Å²) in [6.45, 7) is 6.14. The molecule has 1 aliphatic rings. The highest BCUT2D eigenvalue weighted by molar-refractivity contribution is 8.00. The van der Waals surface area contributed by atoms with Crippen LogP contribution >= 0.6 is 11.8 Å². The molecule has 15 amide bonds. The summed E-state index contributed by atoms with van der Waals surface area (Å²) in [5.74, 6) is -17.6. The van der Waals surface area contributed by atoms with Crippen molar-refractivity contribution in [2.45, 2.75) is 172 Å². The van der Waals surface area contributed by atoms with Crippen molar-refractivity contribution in [1.82, 2.24) is 77.8 Å². The number of aromatic nitrogens is 1. The van der Waals surface area contributed by atoms with Gasteiger partial charge in [0.25, 0.3) is 0 Å². The van der Waals surface area contributed by atoms with Crippen molar-refractivity contribution >= 4 is 117 Å². The fraction of sp³-hybridized carbons (Fsp3) is 0.413. The van der Waals surface area contributed by atoms with Gasteiger partial charge in [0.05, 0.1) is 31.8 Å². The van der Waals surface area contributed by atoms with Gasteiger partial charge in [0.1, 0.15) is 78.0 Å². The molecule has 36 heteroatoms. The number of rotatable bonds is 23. The first-order chi connectivity index (χ1) is 60.9. The molecule has 0 radical (unpaired) electrons. The molecular formula is C92H116N16O19S. The number of amides is 15. The first-order valence-electron chi connectivity index (χ1n) is 42.3. The molecule has 8 rings (SSSR count). The Bertz CT molecular complexity index is 5030. The van der Waals surface area contributed by atoms with Crippen molar-refractivity contribution < 1.29 is 92.0 Å². The minimum Gasteiger partial charge on any atom is -0.508 e. The van der Waals surface area contributed by atoms with E-state index in [0.717, 1.165) is 31.4 Å². The highest BCUT2D eigenvalue weighted by Gasteiger charge is 2.41. The van der Waals surface area contributed by atoms with Gasteiger partial charge < -0.3 is 98.8 Å². The number of hydrogen-bond donors (Lipinski definition) is 15. The van der Waals surface area contributed by atoms with Crippen LogP contribution in [0.3, 0.4) is 0 Å². The van der Waals surface area contributed by atoms with Gasteiger partial charge in [0.15, 0.2) is 0 Å². The zero-order chi connectivity index (χ0) is 93.4. The van der Waals surface area contributed by atoms with Crippen LogP contribution in [-0.2, 0) is 115 Å². The number of aromatic amines is 1. The maximum absolute atomic E-state index is 15.4. The third-order valence-corrected chi connectivity index (χ3v) is 22.6. The van der Waals surface area contributed by atoms with Gasteiger partial charge >= 0.3 is 5.97 Å². The molecule has 16 N–H and O–H groups in total. The van der Waals surface area contributed by atoms with Crippen molar-refractivity contribution in [3.8, 4) is 11.5 Å². The maximum atomic E-state index is 15.4. The Labute approximate surface area is 746 Å². The number of hydrogen-bond acceptors (Lipinski definition) is 19. The Kier molecular flexibility index (Phi) is 38.0. The first kappa shape index (κ1) is 99.8. The number of nitrogens with two attached hydrogens (primary N) is 1. The van der Waals surface area contributed by atoms with Crippen LogP contribution in [0.15, 0.2) is 170 Å². The number of likely N-dealkylation sites (N-methyl/N-ethyl adjacent to an activating group) is 4. The number of fused-ring (bicyclic) bond motifs is 1. The fourth-order valence-corrected chi connectivity index (χ4v) is 15.5. The van der Waals surface area contributed by atoms with E-state index in [1.807, 2.05) is 6.92 Å². The molecule has 684 valence electrons. The SMILES string of the molecule is CCCC[C@@H]1NC(=O)[C@H](Cc2ccccc2)N(C)C(=O)[C@H](Cc2ccccc2)NC(=O)CSC[C@@H](C(=O)NCC(N)=O)NC(=O)[C@H](CC(C)C)NC(=O)[C@H](Cc2ccc(O)cc2)NC(=O)[C@H](Cc2c[nH]c3ccccc23)NC(=O)CN(C)C(=O)[C@H](Cc2ccc(O)cc2)NC(=O)[C@H](Cc2ccccc2)N(C)C(=O)[C@H](C(C)C)NC(=O)[C@H](CC(=O)O)NC(=O)CN(C)C1=O. The molecule has 2 heterocycles. The van der Waals surface area contributed by atoms with Crippen molar-refractivity contribution in [1.29, 1.82) is 0 Å². The van der Waals surface area contributed by atoms with E-state index < -0.39 is 199 Å². The third kappa shape index (κ3) is 30.6. The molecule has 0 aliphatic carbocycles. The molecule has 35 nitrogen and oxygen atoms in total. The maximum Gasteiger partial charge on any atom is 0.305 e. The number of unbranched alkanes of at least 4 members (excludes halogenated alkanes) is 1. The summed E-state index contributed by atoms with van der Waals surface area (Å²) in [6.07, 6.45) is 0.0342. The molecular weight excluding hydrogens is 1670 g/mol. The summed E-state index contributed by atoms with van der Waals surface area (Å²) in [6, 6.07) is 27.1. The number of phenolic OH excluding ortho intramolecular Hbond substituents is 2. The second-order valence-corrected chi connectivity index (χ2v) is 33.7. The molecule has 7 aromatic rings. The molecule has 11 atom stereocenters. The van der Waals surface area contributed by atoms with Crippen LogP contribution in [0, 0.1) is 11.8 Å². The lowest BCUT2D eigenvalue weighted by molar-refractivity contribution is -0.145. The average molecular weight is 1780 g/mol. The number of carbonyl (C=O) groups excluding carboxylic acids is 15. The monoisotopic (exact) mass is 1780 g/mol. The Balaban J connectivity index is 1.20. The number of aromatic hydroxyl groups is 2. The third-order valence-electron chi connectivity index (χ3n) is 21.6. The van der Waals surface area contributed by atoms with E-state index in [-0.39, 0.29) is 74.5 Å². The first-order valence-corrected chi connectivity index (χ1v) is 43.4. The Morgan fingerprint density at radius 2 is 0.883 bits per heavy atom. The standard InChI is InChI=1S/C92H116N16O19S/c1-10-11-30-66-89(124)105(6)50-78(113)97-70(47-80(115)116)86(121)104-81(55(4)5)92(127)108(9)75(45-58-27-19-14-20-28-58)88(123)102-71(43-60-34-38-63(110)39-35-60)90(125)106(7)51-77(112)96-69(46-61-48-94-65-31-22-21-29-64(61)65)85(120)101-68(41-59-32-36-62(109)37-33-59)84(119)100-67(40-54(2)3)83(118)103-73(82(117)95-49-76(93)111)52-128-53-79(114)98-72(42-56-23-15-12-16-24-56)91(126)107(8)74(87(122)99-66)44-57-25-17-13-18-26-57/h12-29,31-39,48,54-55,66-75,81,94,109-110H,10-11,30,40-47,49-53H2,1-9H3,(H2,93,111)(H,95,117)(H,96,112)(H,97,113)(H,98,114)(H,99,122)(H,100,119)(H,101,120)(H,102,123)(H,103,118)(H,104,121)(H,115,116)/t66-,67-,68-,69-,70-,71-,72-,73-,74-,75-,81-/m0/s1. The van der Waals surface area contributed by atoms with E-state index in [4.69, 9.17) is 5.73 Å². The Hall–Kier alpha value is -13.7. The molecule has 1 aliphatic heterocycles. The van der Waals surface area contributed by atoms with E-state index in [0.29, 0.717) is 57.1 Å². The number of carboxylic acids is 1. The second kappa shape index (κ2) is 48.7. The molecule has 1 fully saturated rings. The zero-order valence-corrected chi connectivity index (χ0v) is 73.9. The minimum atomic E-state index is -1.91. The van der Waals surface area contributed by atoms with E-state index >= 15 is 33.6 Å². The molecule has 0 bridgehead atoms. The van der Waals surface area contributed by atoms with E-state index in [1.54, 1.807) is 149 Å². The number of aliphatic carboxylic acids is 1. The average Bonchev–Trinajstić information content (AvgIpc) is 1.59. The summed E-state index contributed by atoms with van der Waals surface area (Å²) in [5.41, 5.74) is 9.09. The smallest absolute Gasteiger partial charge is 0.305 e. The van der Waals surface area contributed by atoms with Gasteiger partial charge in [0, 0.05) is 89.6 Å². The zero-order valence-electron chi connectivity index (χ0n) is 73.1. The van der Waals surface area contributed by atoms with Crippen LogP contribution in [-0.4, -0.2) is 260 Å². The van der Waals surface area contributed by atoms with E-state index in [2.05, 4.69) is 58.2 Å². The van der Waals surface area contributed by atoms with Gasteiger partial charge in [-0.2, -0.15) is 0 Å². The normalized spacial score (nSPS) is 21.9. The number of nitrogens with one attached hydrogen (secondary N) is 11. The number of nitrogens with zero attached hydrogens (tertiary/aromatic N) is 4. The molecule has 1 saturated heterocycles. The van der Waals surface area contributed by atoms with Crippen molar-refractivity contribution in [3.63, 3.8) is 0 Å². The molecule has 0 unspecified atom stereocenters. The highest BCUT2D eigenvalue weighted by atomic mass is 32.2. The highest BCUT2D eigenvalue weighted by Crippen LogP contribution is 2.24. The van der Waals surface area contributed by atoms with E-state index in [1.165, 1.54) is 76.7 Å². The van der Waals surface area contributed by atoms with Crippen LogP contribution in [0.5, 0.6) is 11.5 Å². The largest absolute Gasteiger partial charge is 0.508 e. The summed E-state index contributed by atoms with van der Waals surface area (Å²) < 4.78 is 0. The predicted octanol–water partition coefficient (Wildman–Crippen LogP) is 1.98. The predicted molar refractivity (Wildman–Crippen MR) is 477 cm³/mol. The number of phenols is 2. The molecule has 0 saturated carbocycles. The number of para-hydroxylation sites is 1. The number of thioether (sulfide) groups is 1. The molecule has 6 aromatic carbocycles. The van der Waals surface area contributed by atoms with Crippen molar-refractivity contribution in [2.75, 3.05) is 59.3 Å². The fourth-order valence-electron chi connectivity index (χ4n) is 14.6. The molecule has 1 aromatic heterocycles. The lowest BCUT2D eigenvalue weighted by atomic mass is 9.98. The number of primary amides is 1. The van der Waals surface area contributed by atoms with Gasteiger partial charge in [-0.15, -0.1) is 11.8 Å². The summed E-state index contributed by atoms with van der Waals surface area (Å²) >= 11 is 0.825. The van der Waals surface area contributed by atoms with Crippen LogP contribution in [0.25, 0.3) is 10.9 Å². The summed E-state index contributed by atoms with van der Waals surface area (Å²) in [4.78, 5) is 241. The van der Waals surface area contributed by atoms with Crippen LogP contribution in [0.4, 0.5) is 0 Å². The number of H-pyrrole nitrogens is 1. The van der Waals surface area contributed by atoms with Gasteiger partial charge in [-0.3, -0.25) is 76.7 Å². The number of carboxylic acid groups (broad SMARTS) is 1. The lowest BCUT2D eigenvalue weighted by Crippen LogP contribution is -2.61. The van der Waals surface area contributed by atoms with Gasteiger partial charge in [-0.05, 0) is 88.4 Å². The topological polar surface area (TPSA) is 509 Å². The lowest BCUT2D eigenvalue weighted by Gasteiger charge is -2.34. The van der Waals surface area contributed by atoms with Gasteiger partial charge in [-0.25, -0.2) is 0 Å². The summed E-state index contributed by atoms with van der Waals surface area (Å²) in [5, 5.41) is 58.3. The van der Waals surface area contributed by atoms with Crippen molar-refractivity contribution in [3.05, 3.63) is 203 Å². The van der Waals surface area contributed by atoms with Gasteiger partial charge in [0.2, 0.25) is 88.6 Å². The molecule has 0 spiro atoms. The Morgan fingerprint density at radius 1 is 0.461 bits per heavy atom. The number of carbonyl (C=O) groups is 16. The minimum absolute atomic E-state index is 0.00560. The van der Waals surface area contributed by atoms with Crippen LogP contribution in [0.2, 0.25) is 0 Å². The number of benzene rings is 6. The van der Waals surface area contributed by atoms with Gasteiger partial charge in [-0.1, -0.05) is 181 Å². The van der Waals surface area contributed by atoms with Crippen molar-refractivity contribution in [2.24, 2.45) is 17.6 Å². The van der Waals surface area contributed by atoms with E-state index in [9.17, 15) is 58.5 Å². The Morgan fingerprint density at radius 3 is 1.39 bits per heavy atom. The van der Waals surface area contributed by atoms with Crippen LogP contribution < -0.4 is 58.9 Å². The quantitative estimate of drug-likeness (QED) is 0.0435. The second-order valence-electron chi connectivity index (χ2n) is 32.7.